The van der Waals surface area contributed by atoms with Crippen LogP contribution in [0.2, 0.25) is 0 Å². The van der Waals surface area contributed by atoms with Crippen LogP contribution >= 0.6 is 7.82 Å². The van der Waals surface area contributed by atoms with E-state index in [1.165, 1.54) is 128 Å². The number of phosphoric ester groups is 1. The fourth-order valence-corrected chi connectivity index (χ4v) is 5.42. The zero-order chi connectivity index (χ0) is 31.2. The van der Waals surface area contributed by atoms with Gasteiger partial charge in [-0.15, -0.1) is 0 Å². The number of carbonyl (C=O) groups excluding carboxylic acids is 2. The molecule has 9 heteroatoms. The average Bonchev–Trinajstić information content (AvgIpc) is 2.94. The van der Waals surface area contributed by atoms with Gasteiger partial charge in [0.05, 0.1) is 6.61 Å². The third-order valence-electron chi connectivity index (χ3n) is 7.60. The Morgan fingerprint density at radius 1 is 0.524 bits per heavy atom. The van der Waals surface area contributed by atoms with Gasteiger partial charge in [0.1, 0.15) is 6.61 Å². The van der Waals surface area contributed by atoms with Crippen molar-refractivity contribution in [2.75, 3.05) is 13.2 Å². The Bertz CT molecular complexity index is 666. The fourth-order valence-electron chi connectivity index (χ4n) is 5.06. The van der Waals surface area contributed by atoms with Crippen molar-refractivity contribution < 1.29 is 37.9 Å². The first-order valence-corrected chi connectivity index (χ1v) is 18.9. The summed E-state index contributed by atoms with van der Waals surface area (Å²) in [6.45, 7) is 3.29. The van der Waals surface area contributed by atoms with Crippen LogP contribution in [-0.2, 0) is 28.2 Å². The highest BCUT2D eigenvalue weighted by molar-refractivity contribution is 7.46. The van der Waals surface area contributed by atoms with Crippen LogP contribution in [0.25, 0.3) is 0 Å². The molecule has 0 aliphatic carbocycles. The lowest BCUT2D eigenvalue weighted by Gasteiger charge is -2.18. The molecule has 0 aromatic carbocycles. The molecule has 0 aliphatic heterocycles. The zero-order valence-corrected chi connectivity index (χ0v) is 28.1. The predicted octanol–water partition coefficient (Wildman–Crippen LogP) is 9.73. The summed E-state index contributed by atoms with van der Waals surface area (Å²) in [7, 11) is -4.72. The van der Waals surface area contributed by atoms with E-state index in [-0.39, 0.29) is 19.4 Å². The summed E-state index contributed by atoms with van der Waals surface area (Å²) in [6, 6.07) is 0. The maximum absolute atomic E-state index is 12.2. The van der Waals surface area contributed by atoms with Gasteiger partial charge in [0.25, 0.3) is 0 Å². The van der Waals surface area contributed by atoms with Crippen LogP contribution in [0.5, 0.6) is 0 Å². The fraction of sp³-hybridized carbons (Fsp3) is 0.939. The number of hydrogen-bond donors (Lipinski definition) is 2. The number of hydrogen-bond acceptors (Lipinski definition) is 6. The quantitative estimate of drug-likeness (QED) is 0.0433. The van der Waals surface area contributed by atoms with Crippen molar-refractivity contribution in [2.24, 2.45) is 0 Å². The predicted molar refractivity (Wildman–Crippen MR) is 170 cm³/mol. The molecule has 0 fully saturated rings. The Kier molecular flexibility index (Phi) is 29.4. The summed E-state index contributed by atoms with van der Waals surface area (Å²) in [5.74, 6) is -0.936. The second-order valence-electron chi connectivity index (χ2n) is 11.9. The van der Waals surface area contributed by atoms with Crippen LogP contribution < -0.4 is 0 Å². The number of phosphoric acid groups is 1. The molecule has 250 valence electrons. The van der Waals surface area contributed by atoms with Crippen molar-refractivity contribution >= 4 is 19.8 Å². The van der Waals surface area contributed by atoms with Crippen LogP contribution in [0.4, 0.5) is 0 Å². The van der Waals surface area contributed by atoms with E-state index in [9.17, 15) is 14.2 Å². The van der Waals surface area contributed by atoms with Crippen molar-refractivity contribution in [3.63, 3.8) is 0 Å². The van der Waals surface area contributed by atoms with Gasteiger partial charge in [-0.2, -0.15) is 0 Å². The number of unbranched alkanes of at least 4 members (excludes halogenated alkanes) is 22. The van der Waals surface area contributed by atoms with Crippen molar-refractivity contribution in [2.45, 2.75) is 187 Å². The molecular weight excluding hydrogens is 555 g/mol. The molecule has 1 atom stereocenters. The van der Waals surface area contributed by atoms with Gasteiger partial charge in [-0.25, -0.2) is 4.57 Å². The molecule has 0 aliphatic rings. The molecule has 0 radical (unpaired) electrons. The molecule has 8 nitrogen and oxygen atoms in total. The van der Waals surface area contributed by atoms with Gasteiger partial charge in [0, 0.05) is 12.8 Å². The summed E-state index contributed by atoms with van der Waals surface area (Å²) in [5, 5.41) is 0. The Labute approximate surface area is 257 Å². The average molecular weight is 621 g/mol. The van der Waals surface area contributed by atoms with E-state index >= 15 is 0 Å². The molecule has 0 aromatic heterocycles. The third kappa shape index (κ3) is 32.0. The first-order valence-electron chi connectivity index (χ1n) is 17.3. The molecule has 1 unspecified atom stereocenters. The number of rotatable bonds is 32. The first-order chi connectivity index (χ1) is 20.3. The molecule has 0 rings (SSSR count). The van der Waals surface area contributed by atoms with E-state index in [0.29, 0.717) is 12.8 Å². The highest BCUT2D eigenvalue weighted by Gasteiger charge is 2.22. The van der Waals surface area contributed by atoms with Gasteiger partial charge in [0.2, 0.25) is 0 Å². The summed E-state index contributed by atoms with van der Waals surface area (Å²) in [5.41, 5.74) is 0. The second-order valence-corrected chi connectivity index (χ2v) is 13.1. The van der Waals surface area contributed by atoms with Gasteiger partial charge in [-0.1, -0.05) is 155 Å². The summed E-state index contributed by atoms with van der Waals surface area (Å²) >= 11 is 0. The minimum Gasteiger partial charge on any atom is -0.462 e. The zero-order valence-electron chi connectivity index (χ0n) is 27.2. The third-order valence-corrected chi connectivity index (χ3v) is 8.08. The van der Waals surface area contributed by atoms with E-state index in [0.717, 1.165) is 12.8 Å². The summed E-state index contributed by atoms with van der Waals surface area (Å²) < 4.78 is 25.7. The Morgan fingerprint density at radius 2 is 0.905 bits per heavy atom. The number of ether oxygens (including phenoxy) is 2. The number of esters is 2. The molecule has 42 heavy (non-hydrogen) atoms. The van der Waals surface area contributed by atoms with E-state index in [1.54, 1.807) is 0 Å². The second kappa shape index (κ2) is 30.1. The topological polar surface area (TPSA) is 119 Å². The molecule has 0 saturated carbocycles. The van der Waals surface area contributed by atoms with Gasteiger partial charge in [-0.3, -0.25) is 14.1 Å². The summed E-state index contributed by atoms with van der Waals surface area (Å²) in [4.78, 5) is 41.5. The molecule has 0 bridgehead atoms. The molecule has 0 amide bonds. The van der Waals surface area contributed by atoms with Gasteiger partial charge in [-0.05, 0) is 12.8 Å². The lowest BCUT2D eigenvalue weighted by molar-refractivity contribution is -0.161. The van der Waals surface area contributed by atoms with Crippen molar-refractivity contribution in [3.8, 4) is 0 Å². The smallest absolute Gasteiger partial charge is 0.462 e. The van der Waals surface area contributed by atoms with Gasteiger partial charge >= 0.3 is 19.8 Å². The first kappa shape index (κ1) is 41.0. The minimum atomic E-state index is -4.72. The lowest BCUT2D eigenvalue weighted by atomic mass is 10.0. The Morgan fingerprint density at radius 3 is 1.26 bits per heavy atom. The molecule has 0 saturated heterocycles. The highest BCUT2D eigenvalue weighted by atomic mass is 31.2. The van der Waals surface area contributed by atoms with Crippen LogP contribution in [0, 0.1) is 0 Å². The van der Waals surface area contributed by atoms with E-state index in [1.807, 2.05) is 6.92 Å². The van der Waals surface area contributed by atoms with Crippen molar-refractivity contribution in [1.29, 1.82) is 0 Å². The van der Waals surface area contributed by atoms with E-state index in [2.05, 4.69) is 11.4 Å². The minimum absolute atomic E-state index is 0.217. The van der Waals surface area contributed by atoms with Crippen molar-refractivity contribution in [3.05, 3.63) is 0 Å². The van der Waals surface area contributed by atoms with Gasteiger partial charge in [0.15, 0.2) is 6.10 Å². The molecule has 0 heterocycles. The largest absolute Gasteiger partial charge is 0.469 e. The maximum atomic E-state index is 12.2. The molecule has 0 spiro atoms. The normalized spacial score (nSPS) is 12.4. The number of carbonyl (C=O) groups is 2. The van der Waals surface area contributed by atoms with Crippen LogP contribution in [0.1, 0.15) is 181 Å². The van der Waals surface area contributed by atoms with Crippen LogP contribution in [-0.4, -0.2) is 41.0 Å². The lowest BCUT2D eigenvalue weighted by Crippen LogP contribution is -2.29. The van der Waals surface area contributed by atoms with E-state index < -0.39 is 32.5 Å². The van der Waals surface area contributed by atoms with Crippen LogP contribution in [0.15, 0.2) is 0 Å². The Balaban J connectivity index is 3.55. The standard InChI is InChI=1S/C33H65O8P/c1-3-5-6-7-8-9-10-11-12-13-14-15-16-17-18-19-20-21-22-23-24-25-26-28-33(35)41-31(30-40-42(36,37)38)29-39-32(34)27-4-2/h31H,3-30H2,1-2H3,(H2,36,37,38). The SMILES string of the molecule is CCCCCCCCCCCCCCCCCCCCCCCCCC(=O)OC(COC(=O)CCC)COP(=O)(O)O. The summed E-state index contributed by atoms with van der Waals surface area (Å²) in [6.07, 6.45) is 30.2. The maximum Gasteiger partial charge on any atom is 0.469 e. The molecule has 0 aromatic rings. The van der Waals surface area contributed by atoms with E-state index in [4.69, 9.17) is 19.3 Å². The highest BCUT2D eigenvalue weighted by Crippen LogP contribution is 2.35. The van der Waals surface area contributed by atoms with Crippen molar-refractivity contribution in [1.82, 2.24) is 0 Å². The van der Waals surface area contributed by atoms with Gasteiger partial charge < -0.3 is 19.3 Å². The van der Waals surface area contributed by atoms with Crippen LogP contribution in [0.3, 0.4) is 0 Å². The Hall–Kier alpha value is -0.950. The molecular formula is C33H65O8P. The molecule has 2 N–H and O–H groups in total. The monoisotopic (exact) mass is 620 g/mol.